The Kier molecular flexibility index (Phi) is 6.13. The molecule has 0 aromatic carbocycles. The van der Waals surface area contributed by atoms with Gasteiger partial charge in [0.2, 0.25) is 5.95 Å². The number of aromatic nitrogens is 3. The van der Waals surface area contributed by atoms with Crippen LogP contribution in [0.25, 0.3) is 0 Å². The van der Waals surface area contributed by atoms with Gasteiger partial charge in [0.05, 0.1) is 13.2 Å². The first-order valence-electron chi connectivity index (χ1n) is 5.96. The molecule has 1 rings (SSSR count). The lowest BCUT2D eigenvalue weighted by Gasteiger charge is -2.08. The lowest BCUT2D eigenvalue weighted by atomic mass is 10.2. The second-order valence-electron chi connectivity index (χ2n) is 4.01. The molecule has 1 heterocycles. The second-order valence-corrected chi connectivity index (χ2v) is 4.01. The van der Waals surface area contributed by atoms with E-state index in [0.29, 0.717) is 32.3 Å². The normalized spacial score (nSPS) is 10.7. The molecular formula is C11H20N4O3. The zero-order valence-electron chi connectivity index (χ0n) is 11.0. The molecule has 2 N–H and O–H groups in total. The smallest absolute Gasteiger partial charge is 0.324 e. The number of rotatable bonds is 8. The summed E-state index contributed by atoms with van der Waals surface area (Å²) in [6, 6.07) is 0.321. The number of ether oxygens (including phenoxy) is 3. The van der Waals surface area contributed by atoms with E-state index in [9.17, 15) is 0 Å². The highest BCUT2D eigenvalue weighted by Gasteiger charge is 2.06. The maximum Gasteiger partial charge on any atom is 0.324 e. The summed E-state index contributed by atoms with van der Waals surface area (Å²) < 4.78 is 15.8. The van der Waals surface area contributed by atoms with E-state index in [0.717, 1.165) is 0 Å². The first-order chi connectivity index (χ1) is 8.61. The zero-order valence-corrected chi connectivity index (χ0v) is 11.0. The molecule has 1 aromatic heterocycles. The minimum atomic E-state index is 0.0755. The van der Waals surface area contributed by atoms with Crippen molar-refractivity contribution < 1.29 is 14.2 Å². The van der Waals surface area contributed by atoms with Crippen molar-refractivity contribution in [1.82, 2.24) is 15.0 Å². The average Bonchev–Trinajstić information content (AvgIpc) is 2.28. The summed E-state index contributed by atoms with van der Waals surface area (Å²) >= 11 is 0. The molecule has 0 aliphatic heterocycles. The van der Waals surface area contributed by atoms with E-state index in [2.05, 4.69) is 28.8 Å². The van der Waals surface area contributed by atoms with Crippen molar-refractivity contribution in [3.8, 4) is 12.0 Å². The third-order valence-corrected chi connectivity index (χ3v) is 1.80. The van der Waals surface area contributed by atoms with Gasteiger partial charge >= 0.3 is 12.0 Å². The van der Waals surface area contributed by atoms with Crippen LogP contribution in [0.4, 0.5) is 5.95 Å². The number of anilines is 1. The van der Waals surface area contributed by atoms with Crippen molar-refractivity contribution in [3.05, 3.63) is 0 Å². The van der Waals surface area contributed by atoms with Crippen LogP contribution in [0.3, 0.4) is 0 Å². The quantitative estimate of drug-likeness (QED) is 0.691. The van der Waals surface area contributed by atoms with Gasteiger partial charge in [0.15, 0.2) is 0 Å². The Hall–Kier alpha value is -1.63. The molecular weight excluding hydrogens is 236 g/mol. The first kappa shape index (κ1) is 14.4. The summed E-state index contributed by atoms with van der Waals surface area (Å²) in [4.78, 5) is 11.6. The molecule has 0 aliphatic carbocycles. The van der Waals surface area contributed by atoms with Gasteiger partial charge in [-0.3, -0.25) is 0 Å². The van der Waals surface area contributed by atoms with E-state index in [1.165, 1.54) is 0 Å². The Bertz CT molecular complexity index is 360. The molecule has 7 nitrogen and oxygen atoms in total. The fourth-order valence-corrected chi connectivity index (χ4v) is 1.12. The highest BCUT2D eigenvalue weighted by atomic mass is 16.5. The lowest BCUT2D eigenvalue weighted by Crippen LogP contribution is -2.12. The minimum absolute atomic E-state index is 0.0755. The van der Waals surface area contributed by atoms with Crippen molar-refractivity contribution in [3.63, 3.8) is 0 Å². The zero-order chi connectivity index (χ0) is 13.4. The summed E-state index contributed by atoms with van der Waals surface area (Å²) in [7, 11) is 0. The molecule has 0 unspecified atom stereocenters. The van der Waals surface area contributed by atoms with E-state index in [-0.39, 0.29) is 18.0 Å². The molecule has 0 fully saturated rings. The Labute approximate surface area is 107 Å². The predicted octanol–water partition coefficient (Wildman–Crippen LogP) is 0.904. The molecule has 0 saturated heterocycles. The minimum Gasteiger partial charge on any atom is -0.464 e. The average molecular weight is 256 g/mol. The topological polar surface area (TPSA) is 92.4 Å². The Morgan fingerprint density at radius 3 is 2.33 bits per heavy atom. The number of nitrogen functional groups attached to an aromatic ring is 1. The van der Waals surface area contributed by atoms with Gasteiger partial charge in [-0.25, -0.2) is 0 Å². The number of hydrogen-bond donors (Lipinski definition) is 1. The van der Waals surface area contributed by atoms with E-state index in [1.54, 1.807) is 0 Å². The van der Waals surface area contributed by atoms with Crippen LogP contribution in [-0.2, 0) is 4.74 Å². The van der Waals surface area contributed by atoms with Crippen molar-refractivity contribution in [2.75, 3.05) is 32.2 Å². The predicted molar refractivity (Wildman–Crippen MR) is 66.6 cm³/mol. The summed E-state index contributed by atoms with van der Waals surface area (Å²) in [5.41, 5.74) is 5.51. The van der Waals surface area contributed by atoms with Crippen LogP contribution in [0.2, 0.25) is 0 Å². The maximum absolute atomic E-state index is 5.51. The van der Waals surface area contributed by atoms with Crippen LogP contribution in [0.1, 0.15) is 20.8 Å². The maximum atomic E-state index is 5.51. The van der Waals surface area contributed by atoms with Crippen molar-refractivity contribution in [2.45, 2.75) is 20.8 Å². The summed E-state index contributed by atoms with van der Waals surface area (Å²) in [6.07, 6.45) is 0. The third-order valence-electron chi connectivity index (χ3n) is 1.80. The van der Waals surface area contributed by atoms with Crippen LogP contribution in [0, 0.1) is 5.92 Å². The van der Waals surface area contributed by atoms with Gasteiger partial charge in [0.1, 0.15) is 6.61 Å². The Morgan fingerprint density at radius 2 is 1.72 bits per heavy atom. The first-order valence-corrected chi connectivity index (χ1v) is 5.96. The molecule has 0 bridgehead atoms. The molecule has 0 amide bonds. The van der Waals surface area contributed by atoms with Gasteiger partial charge in [-0.1, -0.05) is 13.8 Å². The molecule has 0 atom stereocenters. The summed E-state index contributed by atoms with van der Waals surface area (Å²) in [5.74, 6) is 0.578. The van der Waals surface area contributed by atoms with Gasteiger partial charge in [-0.15, -0.1) is 4.98 Å². The molecule has 1 aromatic rings. The van der Waals surface area contributed by atoms with Crippen molar-refractivity contribution >= 4 is 5.95 Å². The van der Waals surface area contributed by atoms with Gasteiger partial charge < -0.3 is 19.9 Å². The van der Waals surface area contributed by atoms with E-state index >= 15 is 0 Å². The third kappa shape index (κ3) is 5.62. The molecule has 0 saturated carbocycles. The highest BCUT2D eigenvalue weighted by Crippen LogP contribution is 2.10. The summed E-state index contributed by atoms with van der Waals surface area (Å²) in [5, 5.41) is 0. The van der Waals surface area contributed by atoms with Gasteiger partial charge in [0.25, 0.3) is 0 Å². The van der Waals surface area contributed by atoms with E-state index in [1.807, 2.05) is 6.92 Å². The van der Waals surface area contributed by atoms with Gasteiger partial charge in [-0.2, -0.15) is 9.97 Å². The largest absolute Gasteiger partial charge is 0.464 e. The lowest BCUT2D eigenvalue weighted by molar-refractivity contribution is 0.0788. The van der Waals surface area contributed by atoms with Gasteiger partial charge in [0, 0.05) is 6.61 Å². The molecule has 102 valence electrons. The van der Waals surface area contributed by atoms with Gasteiger partial charge in [-0.05, 0) is 12.8 Å². The fraction of sp³-hybridized carbons (Fsp3) is 0.727. The molecule has 0 radical (unpaired) electrons. The molecule has 7 heteroatoms. The standard InChI is InChI=1S/C11H20N4O3/c1-4-17-10-13-9(12)14-11(15-10)18-6-5-16-7-8(2)3/h8H,4-7H2,1-3H3,(H2,12,13,14,15). The monoisotopic (exact) mass is 256 g/mol. The van der Waals surface area contributed by atoms with Crippen LogP contribution >= 0.6 is 0 Å². The number of hydrogen-bond acceptors (Lipinski definition) is 7. The number of nitrogens with two attached hydrogens (primary N) is 1. The Balaban J connectivity index is 2.37. The van der Waals surface area contributed by atoms with Crippen LogP contribution in [0.15, 0.2) is 0 Å². The van der Waals surface area contributed by atoms with Crippen LogP contribution in [0.5, 0.6) is 12.0 Å². The molecule has 18 heavy (non-hydrogen) atoms. The van der Waals surface area contributed by atoms with Crippen molar-refractivity contribution in [1.29, 1.82) is 0 Å². The molecule has 0 spiro atoms. The van der Waals surface area contributed by atoms with E-state index < -0.39 is 0 Å². The second kappa shape index (κ2) is 7.65. The summed E-state index contributed by atoms with van der Waals surface area (Å²) in [6.45, 7) is 8.01. The SMILES string of the molecule is CCOc1nc(N)nc(OCCOCC(C)C)n1. The highest BCUT2D eigenvalue weighted by molar-refractivity contribution is 5.20. The number of nitrogens with zero attached hydrogens (tertiary/aromatic N) is 3. The van der Waals surface area contributed by atoms with Crippen molar-refractivity contribution in [2.24, 2.45) is 5.92 Å². The van der Waals surface area contributed by atoms with E-state index in [4.69, 9.17) is 19.9 Å². The molecule has 0 aliphatic rings. The van der Waals surface area contributed by atoms with Crippen LogP contribution < -0.4 is 15.2 Å². The van der Waals surface area contributed by atoms with Crippen LogP contribution in [-0.4, -0.2) is 41.4 Å². The fourth-order valence-electron chi connectivity index (χ4n) is 1.12. The Morgan fingerprint density at radius 1 is 1.06 bits per heavy atom.